The van der Waals surface area contributed by atoms with E-state index in [9.17, 15) is 0 Å². The minimum absolute atomic E-state index is 0.185. The summed E-state index contributed by atoms with van der Waals surface area (Å²) in [5.74, 6) is 1.04. The first-order valence-electron chi connectivity index (χ1n) is 5.92. The Labute approximate surface area is 101 Å². The number of nitrogens with two attached hydrogens (primary N) is 1. The highest BCUT2D eigenvalue weighted by atomic mass is 15.2. The fraction of sp³-hybridized carbons (Fsp3) is 0.500. The Morgan fingerprint density at radius 2 is 2.29 bits per heavy atom. The van der Waals surface area contributed by atoms with Crippen molar-refractivity contribution in [2.75, 3.05) is 0 Å². The van der Waals surface area contributed by atoms with Gasteiger partial charge in [0.1, 0.15) is 5.82 Å². The lowest BCUT2D eigenvalue weighted by Gasteiger charge is -2.10. The smallest absolute Gasteiger partial charge is 0.110 e. The van der Waals surface area contributed by atoms with Crippen LogP contribution in [0.4, 0.5) is 0 Å². The number of hydrogen-bond acceptors (Lipinski definition) is 3. The van der Waals surface area contributed by atoms with Crippen LogP contribution in [0, 0.1) is 0 Å². The molecule has 2 rings (SSSR count). The van der Waals surface area contributed by atoms with Crippen molar-refractivity contribution >= 4 is 0 Å². The summed E-state index contributed by atoms with van der Waals surface area (Å²) in [5.41, 5.74) is 7.14. The van der Waals surface area contributed by atoms with Gasteiger partial charge in [-0.3, -0.25) is 4.68 Å². The molecule has 0 fully saturated rings. The van der Waals surface area contributed by atoms with Crippen LogP contribution in [0.15, 0.2) is 24.8 Å². The van der Waals surface area contributed by atoms with E-state index in [2.05, 4.69) is 21.6 Å². The van der Waals surface area contributed by atoms with Crippen LogP contribution in [0.25, 0.3) is 0 Å². The molecule has 17 heavy (non-hydrogen) atoms. The molecule has 92 valence electrons. The fourth-order valence-electron chi connectivity index (χ4n) is 1.80. The van der Waals surface area contributed by atoms with Crippen LogP contribution in [0.2, 0.25) is 0 Å². The van der Waals surface area contributed by atoms with Crippen molar-refractivity contribution in [3.8, 4) is 0 Å². The highest BCUT2D eigenvalue weighted by Gasteiger charge is 2.08. The van der Waals surface area contributed by atoms with E-state index in [1.807, 2.05) is 36.5 Å². The van der Waals surface area contributed by atoms with Crippen LogP contribution in [0.3, 0.4) is 0 Å². The summed E-state index contributed by atoms with van der Waals surface area (Å²) in [7, 11) is 1.92. The van der Waals surface area contributed by atoms with Crippen molar-refractivity contribution in [1.29, 1.82) is 0 Å². The second-order valence-electron chi connectivity index (χ2n) is 4.37. The summed E-state index contributed by atoms with van der Waals surface area (Å²) in [6.45, 7) is 2.90. The van der Waals surface area contributed by atoms with Crippen LogP contribution in [0.5, 0.6) is 0 Å². The largest absolute Gasteiger partial charge is 0.330 e. The highest BCUT2D eigenvalue weighted by molar-refractivity contribution is 5.07. The lowest BCUT2D eigenvalue weighted by molar-refractivity contribution is 0.597. The molecule has 1 atom stereocenters. The summed E-state index contributed by atoms with van der Waals surface area (Å²) in [5, 5.41) is 4.16. The summed E-state index contributed by atoms with van der Waals surface area (Å²) in [6.07, 6.45) is 9.51. The van der Waals surface area contributed by atoms with Gasteiger partial charge in [0.15, 0.2) is 0 Å². The van der Waals surface area contributed by atoms with Crippen LogP contribution < -0.4 is 5.73 Å². The number of aryl methyl sites for hydroxylation is 1. The van der Waals surface area contributed by atoms with Gasteiger partial charge in [-0.1, -0.05) is 6.92 Å². The maximum absolute atomic E-state index is 5.96. The first-order valence-corrected chi connectivity index (χ1v) is 5.92. The van der Waals surface area contributed by atoms with E-state index in [-0.39, 0.29) is 6.04 Å². The molecule has 0 aromatic carbocycles. The Hall–Kier alpha value is -1.62. The minimum atomic E-state index is 0.185. The molecule has 0 saturated carbocycles. The molecule has 0 aliphatic carbocycles. The van der Waals surface area contributed by atoms with E-state index >= 15 is 0 Å². The molecule has 0 aliphatic heterocycles. The Kier molecular flexibility index (Phi) is 3.58. The van der Waals surface area contributed by atoms with Crippen molar-refractivity contribution in [3.63, 3.8) is 0 Å². The van der Waals surface area contributed by atoms with Crippen LogP contribution >= 0.6 is 0 Å². The molecule has 1 unspecified atom stereocenters. The molecule has 2 N–H and O–H groups in total. The standard InChI is InChI=1S/C12H19N5/c1-3-11(13)6-12-14-4-5-17(12)9-10-7-15-16(2)8-10/h4-5,7-8,11H,3,6,9,13H2,1-2H3. The van der Waals surface area contributed by atoms with Gasteiger partial charge in [-0.2, -0.15) is 5.10 Å². The number of nitrogens with zero attached hydrogens (tertiary/aromatic N) is 4. The van der Waals surface area contributed by atoms with Gasteiger partial charge in [0, 0.05) is 43.7 Å². The topological polar surface area (TPSA) is 61.7 Å². The normalized spacial score (nSPS) is 12.9. The Balaban J connectivity index is 2.08. The molecule has 0 bridgehead atoms. The second-order valence-corrected chi connectivity index (χ2v) is 4.37. The van der Waals surface area contributed by atoms with E-state index in [0.29, 0.717) is 0 Å². The van der Waals surface area contributed by atoms with Gasteiger partial charge in [-0.25, -0.2) is 4.98 Å². The van der Waals surface area contributed by atoms with E-state index < -0.39 is 0 Å². The van der Waals surface area contributed by atoms with Gasteiger partial charge in [0.2, 0.25) is 0 Å². The lowest BCUT2D eigenvalue weighted by Crippen LogP contribution is -2.23. The molecule has 0 saturated heterocycles. The number of imidazole rings is 1. The molecule has 0 spiro atoms. The maximum atomic E-state index is 5.96. The van der Waals surface area contributed by atoms with Gasteiger partial charge in [-0.15, -0.1) is 0 Å². The zero-order valence-electron chi connectivity index (χ0n) is 10.4. The Morgan fingerprint density at radius 1 is 1.47 bits per heavy atom. The van der Waals surface area contributed by atoms with E-state index in [1.165, 1.54) is 5.56 Å². The quantitative estimate of drug-likeness (QED) is 0.836. The third kappa shape index (κ3) is 2.94. The van der Waals surface area contributed by atoms with E-state index in [1.54, 1.807) is 0 Å². The SMILES string of the molecule is CCC(N)Cc1nccn1Cc1cnn(C)c1. The lowest BCUT2D eigenvalue weighted by atomic mass is 10.1. The summed E-state index contributed by atoms with van der Waals surface area (Å²) in [4.78, 5) is 4.36. The van der Waals surface area contributed by atoms with Crippen molar-refractivity contribution < 1.29 is 0 Å². The van der Waals surface area contributed by atoms with Crippen LogP contribution in [0.1, 0.15) is 24.7 Å². The zero-order chi connectivity index (χ0) is 12.3. The number of rotatable bonds is 5. The molecular formula is C12H19N5. The summed E-state index contributed by atoms with van der Waals surface area (Å²) < 4.78 is 3.94. The van der Waals surface area contributed by atoms with Gasteiger partial charge in [-0.05, 0) is 6.42 Å². The summed E-state index contributed by atoms with van der Waals surface area (Å²) >= 11 is 0. The molecule has 0 aliphatic rings. The molecule has 0 radical (unpaired) electrons. The Bertz CT molecular complexity index is 471. The molecular weight excluding hydrogens is 214 g/mol. The number of aromatic nitrogens is 4. The van der Waals surface area contributed by atoms with Gasteiger partial charge >= 0.3 is 0 Å². The number of hydrogen-bond donors (Lipinski definition) is 1. The average Bonchev–Trinajstić information content (AvgIpc) is 2.89. The molecule has 5 heteroatoms. The van der Waals surface area contributed by atoms with E-state index in [4.69, 9.17) is 5.73 Å². The van der Waals surface area contributed by atoms with Crippen molar-refractivity contribution in [3.05, 3.63) is 36.2 Å². The maximum Gasteiger partial charge on any atom is 0.110 e. The average molecular weight is 233 g/mol. The predicted molar refractivity (Wildman–Crippen MR) is 66.5 cm³/mol. The third-order valence-electron chi connectivity index (χ3n) is 2.88. The second kappa shape index (κ2) is 5.14. The highest BCUT2D eigenvalue weighted by Crippen LogP contribution is 2.07. The molecule has 2 heterocycles. The molecule has 5 nitrogen and oxygen atoms in total. The molecule has 2 aromatic heterocycles. The zero-order valence-corrected chi connectivity index (χ0v) is 10.4. The van der Waals surface area contributed by atoms with Gasteiger partial charge in [0.05, 0.1) is 12.7 Å². The van der Waals surface area contributed by atoms with E-state index in [0.717, 1.165) is 25.2 Å². The van der Waals surface area contributed by atoms with Crippen LogP contribution in [-0.4, -0.2) is 25.4 Å². The van der Waals surface area contributed by atoms with Crippen molar-refractivity contribution in [2.45, 2.75) is 32.4 Å². The van der Waals surface area contributed by atoms with Gasteiger partial charge in [0.25, 0.3) is 0 Å². The fourth-order valence-corrected chi connectivity index (χ4v) is 1.80. The predicted octanol–water partition coefficient (Wildman–Crippen LogP) is 0.945. The third-order valence-corrected chi connectivity index (χ3v) is 2.88. The monoisotopic (exact) mass is 233 g/mol. The first-order chi connectivity index (χ1) is 8.19. The minimum Gasteiger partial charge on any atom is -0.330 e. The van der Waals surface area contributed by atoms with Crippen molar-refractivity contribution in [2.24, 2.45) is 12.8 Å². The summed E-state index contributed by atoms with van der Waals surface area (Å²) in [6, 6.07) is 0.185. The first kappa shape index (κ1) is 11.9. The Morgan fingerprint density at radius 3 is 2.94 bits per heavy atom. The molecule has 2 aromatic rings. The van der Waals surface area contributed by atoms with Gasteiger partial charge < -0.3 is 10.3 Å². The molecule has 0 amide bonds. The van der Waals surface area contributed by atoms with Crippen molar-refractivity contribution in [1.82, 2.24) is 19.3 Å². The van der Waals surface area contributed by atoms with Crippen LogP contribution in [-0.2, 0) is 20.0 Å².